The molecule has 2 rings (SSSR count). The van der Waals surface area contributed by atoms with E-state index >= 15 is 0 Å². The molecule has 0 bridgehead atoms. The number of nitrogens with one attached hydrogen (secondary N) is 2. The highest BCUT2D eigenvalue weighted by atomic mass is 79.9. The van der Waals surface area contributed by atoms with Gasteiger partial charge >= 0.3 is 0 Å². The minimum atomic E-state index is -0.396. The number of aliphatic hydroxyl groups excluding tert-OH is 1. The molecule has 2 atom stereocenters. The van der Waals surface area contributed by atoms with Gasteiger partial charge in [0.05, 0.1) is 12.1 Å². The minimum absolute atomic E-state index is 0.0244. The van der Waals surface area contributed by atoms with Gasteiger partial charge in [0.1, 0.15) is 0 Å². The maximum absolute atomic E-state index is 11.7. The lowest BCUT2D eigenvalue weighted by Crippen LogP contribution is -2.41. The van der Waals surface area contributed by atoms with Crippen molar-refractivity contribution >= 4 is 21.8 Å². The van der Waals surface area contributed by atoms with E-state index in [1.807, 2.05) is 24.3 Å². The Balaban J connectivity index is 1.72. The second-order valence-electron chi connectivity index (χ2n) is 4.52. The van der Waals surface area contributed by atoms with Crippen LogP contribution in [-0.4, -0.2) is 36.2 Å². The first-order chi connectivity index (χ1) is 8.65. The fourth-order valence-electron chi connectivity index (χ4n) is 2.02. The smallest absolute Gasteiger partial charge is 0.237 e. The molecule has 0 aliphatic carbocycles. The number of benzene rings is 1. The van der Waals surface area contributed by atoms with E-state index in [9.17, 15) is 9.90 Å². The van der Waals surface area contributed by atoms with E-state index in [1.54, 1.807) is 0 Å². The predicted molar refractivity (Wildman–Crippen MR) is 73.3 cm³/mol. The van der Waals surface area contributed by atoms with E-state index in [-0.39, 0.29) is 11.9 Å². The summed E-state index contributed by atoms with van der Waals surface area (Å²) in [7, 11) is 0. The van der Waals surface area contributed by atoms with Crippen molar-refractivity contribution in [1.82, 2.24) is 10.6 Å². The molecule has 1 aliphatic rings. The number of aliphatic hydroxyl groups is 1. The van der Waals surface area contributed by atoms with Crippen LogP contribution in [0.4, 0.5) is 0 Å². The van der Waals surface area contributed by atoms with Gasteiger partial charge in [0.15, 0.2) is 0 Å². The standard InChI is InChI=1S/C13H17BrN2O2/c14-10-3-1-9(2-4-10)5-6-15-13(18)12-7-11(17)8-16-12/h1-4,11-12,16-17H,5-8H2,(H,15,18)/t11-,12+/m0/s1. The Hall–Kier alpha value is -0.910. The van der Waals surface area contributed by atoms with Gasteiger partial charge in [0.2, 0.25) is 5.91 Å². The summed E-state index contributed by atoms with van der Waals surface area (Å²) in [6, 6.07) is 7.81. The van der Waals surface area contributed by atoms with Crippen LogP contribution < -0.4 is 10.6 Å². The first kappa shape index (κ1) is 13.5. The van der Waals surface area contributed by atoms with Gasteiger partial charge in [-0.25, -0.2) is 0 Å². The molecule has 3 N–H and O–H groups in total. The van der Waals surface area contributed by atoms with Gasteiger partial charge in [-0.3, -0.25) is 4.79 Å². The van der Waals surface area contributed by atoms with Crippen molar-refractivity contribution in [2.75, 3.05) is 13.1 Å². The van der Waals surface area contributed by atoms with Crippen LogP contribution in [0.1, 0.15) is 12.0 Å². The third-order valence-corrected chi connectivity index (χ3v) is 3.58. The topological polar surface area (TPSA) is 61.4 Å². The maximum Gasteiger partial charge on any atom is 0.237 e. The number of rotatable bonds is 4. The Bertz CT molecular complexity index is 408. The van der Waals surface area contributed by atoms with Gasteiger partial charge in [-0.05, 0) is 30.5 Å². The molecule has 1 aromatic carbocycles. The molecule has 1 amide bonds. The van der Waals surface area contributed by atoms with Crippen molar-refractivity contribution in [2.24, 2.45) is 0 Å². The molecule has 1 aliphatic heterocycles. The van der Waals surface area contributed by atoms with Crippen molar-refractivity contribution in [1.29, 1.82) is 0 Å². The zero-order valence-electron chi connectivity index (χ0n) is 10.0. The van der Waals surface area contributed by atoms with E-state index < -0.39 is 6.10 Å². The predicted octanol–water partition coefficient (Wildman–Crippen LogP) is 0.831. The molecule has 0 radical (unpaired) electrons. The fourth-order valence-corrected chi connectivity index (χ4v) is 2.29. The second kappa shape index (κ2) is 6.31. The monoisotopic (exact) mass is 312 g/mol. The Labute approximate surface area is 115 Å². The Morgan fingerprint density at radius 3 is 2.78 bits per heavy atom. The summed E-state index contributed by atoms with van der Waals surface area (Å²) in [4.78, 5) is 11.7. The fraction of sp³-hybridized carbons (Fsp3) is 0.462. The summed E-state index contributed by atoms with van der Waals surface area (Å²) >= 11 is 3.39. The molecule has 1 saturated heterocycles. The maximum atomic E-state index is 11.7. The van der Waals surface area contributed by atoms with Gasteiger partial charge in [-0.2, -0.15) is 0 Å². The quantitative estimate of drug-likeness (QED) is 0.772. The molecule has 1 heterocycles. The lowest BCUT2D eigenvalue weighted by atomic mass is 10.1. The Morgan fingerprint density at radius 2 is 2.17 bits per heavy atom. The SMILES string of the molecule is O=C(NCCc1ccc(Br)cc1)[C@H]1C[C@H](O)CN1. The first-order valence-corrected chi connectivity index (χ1v) is 6.88. The lowest BCUT2D eigenvalue weighted by Gasteiger charge is -2.10. The van der Waals surface area contributed by atoms with Gasteiger partial charge in [0.25, 0.3) is 0 Å². The summed E-state index contributed by atoms with van der Waals surface area (Å²) in [6.45, 7) is 1.12. The molecule has 0 aromatic heterocycles. The number of β-amino-alcohol motifs (C(OH)–C–C–N with tert-alkyl or cyclic N) is 1. The second-order valence-corrected chi connectivity index (χ2v) is 5.43. The van der Waals surface area contributed by atoms with E-state index in [0.717, 1.165) is 10.9 Å². The van der Waals surface area contributed by atoms with E-state index in [1.165, 1.54) is 5.56 Å². The average Bonchev–Trinajstić information content (AvgIpc) is 2.78. The van der Waals surface area contributed by atoms with Crippen LogP contribution in [0.2, 0.25) is 0 Å². The molecule has 1 fully saturated rings. The molecular formula is C13H17BrN2O2. The van der Waals surface area contributed by atoms with Gasteiger partial charge < -0.3 is 15.7 Å². The normalized spacial score (nSPS) is 23.0. The Kier molecular flexibility index (Phi) is 4.74. The summed E-state index contributed by atoms with van der Waals surface area (Å²) < 4.78 is 1.06. The van der Waals surface area contributed by atoms with Crippen LogP contribution in [0, 0.1) is 0 Å². The highest BCUT2D eigenvalue weighted by Gasteiger charge is 2.27. The highest BCUT2D eigenvalue weighted by molar-refractivity contribution is 9.10. The van der Waals surface area contributed by atoms with E-state index in [4.69, 9.17) is 0 Å². The molecule has 0 saturated carbocycles. The van der Waals surface area contributed by atoms with Crippen LogP contribution >= 0.6 is 15.9 Å². The molecule has 18 heavy (non-hydrogen) atoms. The summed E-state index contributed by atoms with van der Waals surface area (Å²) in [6.07, 6.45) is 0.922. The molecule has 4 nitrogen and oxygen atoms in total. The first-order valence-electron chi connectivity index (χ1n) is 6.09. The number of hydrogen-bond donors (Lipinski definition) is 3. The largest absolute Gasteiger partial charge is 0.392 e. The number of carbonyl (C=O) groups is 1. The molecule has 0 unspecified atom stereocenters. The molecule has 98 valence electrons. The molecule has 0 spiro atoms. The van der Waals surface area contributed by atoms with Gasteiger partial charge in [-0.15, -0.1) is 0 Å². The van der Waals surface area contributed by atoms with Crippen LogP contribution in [0.25, 0.3) is 0 Å². The zero-order chi connectivity index (χ0) is 13.0. The average molecular weight is 313 g/mol. The van der Waals surface area contributed by atoms with Crippen LogP contribution in [0.15, 0.2) is 28.7 Å². The van der Waals surface area contributed by atoms with Crippen LogP contribution in [0.3, 0.4) is 0 Å². The third kappa shape index (κ3) is 3.80. The Morgan fingerprint density at radius 1 is 1.44 bits per heavy atom. The zero-order valence-corrected chi connectivity index (χ0v) is 11.6. The van der Waals surface area contributed by atoms with E-state index in [2.05, 4.69) is 26.6 Å². The van der Waals surface area contributed by atoms with Crippen molar-refractivity contribution in [3.05, 3.63) is 34.3 Å². The lowest BCUT2D eigenvalue weighted by molar-refractivity contribution is -0.122. The van der Waals surface area contributed by atoms with Crippen molar-refractivity contribution in [2.45, 2.75) is 25.0 Å². The summed E-state index contributed by atoms with van der Waals surface area (Å²) in [5.74, 6) is -0.0244. The van der Waals surface area contributed by atoms with Crippen LogP contribution in [0.5, 0.6) is 0 Å². The molecule has 1 aromatic rings. The summed E-state index contributed by atoms with van der Waals surface area (Å²) in [5, 5.41) is 15.2. The summed E-state index contributed by atoms with van der Waals surface area (Å²) in [5.41, 5.74) is 1.19. The van der Waals surface area contributed by atoms with Crippen molar-refractivity contribution in [3.8, 4) is 0 Å². The number of hydrogen-bond acceptors (Lipinski definition) is 3. The number of amides is 1. The molecular weight excluding hydrogens is 296 g/mol. The van der Waals surface area contributed by atoms with Crippen molar-refractivity contribution < 1.29 is 9.90 Å². The van der Waals surface area contributed by atoms with Gasteiger partial charge in [0, 0.05) is 17.6 Å². The third-order valence-electron chi connectivity index (χ3n) is 3.05. The highest BCUT2D eigenvalue weighted by Crippen LogP contribution is 2.10. The number of halogens is 1. The van der Waals surface area contributed by atoms with Gasteiger partial charge in [-0.1, -0.05) is 28.1 Å². The molecule has 5 heteroatoms. The van der Waals surface area contributed by atoms with E-state index in [0.29, 0.717) is 19.5 Å². The minimum Gasteiger partial charge on any atom is -0.392 e. The van der Waals surface area contributed by atoms with Crippen LogP contribution in [-0.2, 0) is 11.2 Å². The van der Waals surface area contributed by atoms with Crippen molar-refractivity contribution in [3.63, 3.8) is 0 Å². The number of carbonyl (C=O) groups excluding carboxylic acids is 1.